The van der Waals surface area contributed by atoms with Crippen LogP contribution < -0.4 is 5.32 Å². The molecular weight excluding hydrogens is 382 g/mol. The Bertz CT molecular complexity index is 608. The number of halogens is 2. The Morgan fingerprint density at radius 3 is 2.50 bits per heavy atom. The Morgan fingerprint density at radius 1 is 1.10 bits per heavy atom. The van der Waals surface area contributed by atoms with Gasteiger partial charge in [-0.1, -0.05) is 45.8 Å². The maximum absolute atomic E-state index is 12.0. The summed E-state index contributed by atoms with van der Waals surface area (Å²) in [7, 11) is 0. The predicted octanol–water partition coefficient (Wildman–Crippen LogP) is 5.09. The molecule has 0 saturated carbocycles. The van der Waals surface area contributed by atoms with Gasteiger partial charge in [0.25, 0.3) is 0 Å². The van der Waals surface area contributed by atoms with E-state index in [9.17, 15) is 4.79 Å². The fourth-order valence-electron chi connectivity index (χ4n) is 1.82. The van der Waals surface area contributed by atoms with Crippen LogP contribution in [0, 0.1) is 6.92 Å². The van der Waals surface area contributed by atoms with Crippen LogP contribution in [0.2, 0.25) is 0 Å². The maximum atomic E-state index is 12.0. The third-order valence-corrected chi connectivity index (χ3v) is 4.15. The van der Waals surface area contributed by atoms with E-state index < -0.39 is 0 Å². The van der Waals surface area contributed by atoms with Crippen LogP contribution in [-0.2, 0) is 11.2 Å². The van der Waals surface area contributed by atoms with Gasteiger partial charge in [-0.25, -0.2) is 0 Å². The molecule has 0 fully saturated rings. The molecule has 104 valence electrons. The maximum Gasteiger partial charge on any atom is 0.224 e. The number of carbonyl (C=O) groups is 1. The second-order valence-corrected chi connectivity index (χ2v) is 6.43. The minimum atomic E-state index is 0.0179. The van der Waals surface area contributed by atoms with E-state index in [2.05, 4.69) is 68.4 Å². The van der Waals surface area contributed by atoms with Crippen molar-refractivity contribution in [3.8, 4) is 0 Å². The summed E-state index contributed by atoms with van der Waals surface area (Å²) < 4.78 is 1.82. The van der Waals surface area contributed by atoms with Crippen molar-refractivity contribution in [2.45, 2.75) is 19.8 Å². The van der Waals surface area contributed by atoms with E-state index in [1.807, 2.05) is 18.2 Å². The van der Waals surface area contributed by atoms with Crippen LogP contribution in [-0.4, -0.2) is 5.91 Å². The molecule has 2 nitrogen and oxygen atoms in total. The van der Waals surface area contributed by atoms with Crippen LogP contribution in [0.3, 0.4) is 0 Å². The first-order valence-corrected chi connectivity index (χ1v) is 7.93. The number of amides is 1. The van der Waals surface area contributed by atoms with Crippen molar-refractivity contribution < 1.29 is 4.79 Å². The Kier molecular flexibility index (Phi) is 5.38. The number of anilines is 1. The second-order valence-electron chi connectivity index (χ2n) is 4.66. The molecular formula is C16H15Br2NO. The van der Waals surface area contributed by atoms with Gasteiger partial charge in [0, 0.05) is 15.4 Å². The topological polar surface area (TPSA) is 29.1 Å². The molecule has 0 bridgehead atoms. The first kappa shape index (κ1) is 15.3. The molecule has 20 heavy (non-hydrogen) atoms. The van der Waals surface area contributed by atoms with E-state index in [1.54, 1.807) is 0 Å². The molecule has 2 rings (SSSR count). The van der Waals surface area contributed by atoms with Gasteiger partial charge in [0.05, 0.1) is 5.69 Å². The smallest absolute Gasteiger partial charge is 0.224 e. The number of nitrogens with one attached hydrogen (secondary N) is 1. The molecule has 0 aliphatic heterocycles. The molecule has 0 heterocycles. The summed E-state index contributed by atoms with van der Waals surface area (Å²) in [6.07, 6.45) is 1.22. The Morgan fingerprint density at radius 2 is 1.80 bits per heavy atom. The zero-order valence-electron chi connectivity index (χ0n) is 11.1. The lowest BCUT2D eigenvalue weighted by Crippen LogP contribution is -2.12. The molecule has 0 atom stereocenters. The highest BCUT2D eigenvalue weighted by atomic mass is 79.9. The van der Waals surface area contributed by atoms with Crippen molar-refractivity contribution >= 4 is 43.5 Å². The summed E-state index contributed by atoms with van der Waals surface area (Å²) in [5, 5.41) is 2.92. The molecule has 4 heteroatoms. The number of aryl methyl sites for hydroxylation is 2. The highest BCUT2D eigenvalue weighted by molar-refractivity contribution is 9.11. The molecule has 0 unspecified atom stereocenters. The van der Waals surface area contributed by atoms with E-state index in [0.29, 0.717) is 6.42 Å². The quantitative estimate of drug-likeness (QED) is 0.765. The van der Waals surface area contributed by atoms with Gasteiger partial charge in [-0.15, -0.1) is 0 Å². The summed E-state index contributed by atoms with van der Waals surface area (Å²) in [6.45, 7) is 2.06. The normalized spacial score (nSPS) is 10.3. The predicted molar refractivity (Wildman–Crippen MR) is 90.0 cm³/mol. The first-order valence-electron chi connectivity index (χ1n) is 6.35. The minimum Gasteiger partial charge on any atom is -0.325 e. The van der Waals surface area contributed by atoms with Crippen molar-refractivity contribution in [3.05, 3.63) is 62.5 Å². The fourth-order valence-corrected chi connectivity index (χ4v) is 2.53. The number of hydrogen-bond donors (Lipinski definition) is 1. The summed E-state index contributed by atoms with van der Waals surface area (Å²) in [4.78, 5) is 12.0. The van der Waals surface area contributed by atoms with Crippen LogP contribution in [0.15, 0.2) is 51.4 Å². The number of carbonyl (C=O) groups excluding carboxylic acids is 1. The van der Waals surface area contributed by atoms with Crippen molar-refractivity contribution in [2.24, 2.45) is 0 Å². The summed E-state index contributed by atoms with van der Waals surface area (Å²) in [6, 6.07) is 14.0. The average Bonchev–Trinajstić information content (AvgIpc) is 2.42. The third kappa shape index (κ3) is 4.46. The molecule has 0 aliphatic rings. The van der Waals surface area contributed by atoms with Gasteiger partial charge < -0.3 is 5.32 Å². The number of benzene rings is 2. The van der Waals surface area contributed by atoms with Crippen LogP contribution >= 0.6 is 31.9 Å². The van der Waals surface area contributed by atoms with E-state index in [4.69, 9.17) is 0 Å². The Balaban J connectivity index is 1.92. The number of rotatable bonds is 4. The molecule has 0 radical (unpaired) electrons. The summed E-state index contributed by atoms with van der Waals surface area (Å²) in [5.74, 6) is 0.0179. The van der Waals surface area contributed by atoms with Gasteiger partial charge in [0.1, 0.15) is 0 Å². The van der Waals surface area contributed by atoms with Crippen molar-refractivity contribution in [1.82, 2.24) is 0 Å². The van der Waals surface area contributed by atoms with Crippen LogP contribution in [0.25, 0.3) is 0 Å². The molecule has 2 aromatic carbocycles. The monoisotopic (exact) mass is 395 g/mol. The van der Waals surface area contributed by atoms with E-state index >= 15 is 0 Å². The summed E-state index contributed by atoms with van der Waals surface area (Å²) in [5.41, 5.74) is 3.20. The lowest BCUT2D eigenvalue weighted by molar-refractivity contribution is -0.116. The third-order valence-electron chi connectivity index (χ3n) is 2.96. The molecule has 1 N–H and O–H groups in total. The largest absolute Gasteiger partial charge is 0.325 e. The van der Waals surface area contributed by atoms with Crippen LogP contribution in [0.5, 0.6) is 0 Å². The highest BCUT2D eigenvalue weighted by Crippen LogP contribution is 2.26. The van der Waals surface area contributed by atoms with Gasteiger partial charge in [-0.05, 0) is 53.0 Å². The van der Waals surface area contributed by atoms with Crippen LogP contribution in [0.1, 0.15) is 17.5 Å². The zero-order chi connectivity index (χ0) is 14.5. The van der Waals surface area contributed by atoms with Crippen molar-refractivity contribution in [1.29, 1.82) is 0 Å². The van der Waals surface area contributed by atoms with Gasteiger partial charge in [0.15, 0.2) is 0 Å². The van der Waals surface area contributed by atoms with Crippen LogP contribution in [0.4, 0.5) is 5.69 Å². The van der Waals surface area contributed by atoms with Gasteiger partial charge >= 0.3 is 0 Å². The van der Waals surface area contributed by atoms with E-state index in [0.717, 1.165) is 21.1 Å². The average molecular weight is 397 g/mol. The Hall–Kier alpha value is -1.13. The zero-order valence-corrected chi connectivity index (χ0v) is 14.3. The van der Waals surface area contributed by atoms with Crippen molar-refractivity contribution in [2.75, 3.05) is 5.32 Å². The van der Waals surface area contributed by atoms with E-state index in [-0.39, 0.29) is 5.91 Å². The van der Waals surface area contributed by atoms with Gasteiger partial charge in [-0.3, -0.25) is 4.79 Å². The lowest BCUT2D eigenvalue weighted by Gasteiger charge is -2.08. The lowest BCUT2D eigenvalue weighted by atomic mass is 10.1. The molecule has 2 aromatic rings. The van der Waals surface area contributed by atoms with E-state index in [1.165, 1.54) is 11.1 Å². The van der Waals surface area contributed by atoms with Crippen molar-refractivity contribution in [3.63, 3.8) is 0 Å². The fraction of sp³-hybridized carbons (Fsp3) is 0.188. The van der Waals surface area contributed by atoms with Gasteiger partial charge in [-0.2, -0.15) is 0 Å². The first-order chi connectivity index (χ1) is 9.54. The standard InChI is InChI=1S/C16H15Br2NO/c1-11-2-4-12(5-3-11)6-9-16(20)19-15-10-13(17)7-8-14(15)18/h2-5,7-8,10H,6,9H2,1H3,(H,19,20). The molecule has 0 saturated heterocycles. The van der Waals surface area contributed by atoms with Gasteiger partial charge in [0.2, 0.25) is 5.91 Å². The highest BCUT2D eigenvalue weighted by Gasteiger charge is 2.06. The summed E-state index contributed by atoms with van der Waals surface area (Å²) >= 11 is 6.82. The number of hydrogen-bond acceptors (Lipinski definition) is 1. The Labute approximate surface area is 135 Å². The molecule has 0 spiro atoms. The SMILES string of the molecule is Cc1ccc(CCC(=O)Nc2cc(Br)ccc2Br)cc1. The molecule has 0 aromatic heterocycles. The molecule has 0 aliphatic carbocycles. The molecule has 1 amide bonds. The minimum absolute atomic E-state index is 0.0179. The second kappa shape index (κ2) is 7.04.